The second kappa shape index (κ2) is 9.09. The van der Waals surface area contributed by atoms with Crippen molar-refractivity contribution in [1.29, 1.82) is 5.26 Å². The topological polar surface area (TPSA) is 87.9 Å². The summed E-state index contributed by atoms with van der Waals surface area (Å²) in [7, 11) is 0. The molecule has 4 aromatic carbocycles. The van der Waals surface area contributed by atoms with E-state index in [2.05, 4.69) is 53.1 Å². The van der Waals surface area contributed by atoms with E-state index in [-0.39, 0.29) is 0 Å². The number of aliphatic hydroxyl groups excluding tert-OH is 1. The number of hydrogen-bond donors (Lipinski definition) is 2. The molecule has 0 saturated heterocycles. The van der Waals surface area contributed by atoms with E-state index in [9.17, 15) is 10.4 Å². The van der Waals surface area contributed by atoms with Crippen LogP contribution in [0.3, 0.4) is 0 Å². The number of nitrogen functional groups attached to an aromatic ring is 1. The van der Waals surface area contributed by atoms with Crippen LogP contribution < -0.4 is 5.73 Å². The number of anilines is 1. The second-order valence-electron chi connectivity index (χ2n) is 9.50. The Hall–Kier alpha value is -4.66. The third-order valence-electron chi connectivity index (χ3n) is 7.07. The lowest BCUT2D eigenvalue weighted by Crippen LogP contribution is -2.09. The van der Waals surface area contributed by atoms with Crippen molar-refractivity contribution in [3.63, 3.8) is 0 Å². The number of rotatable bonds is 5. The molecule has 0 amide bonds. The minimum atomic E-state index is -0.481. The molecule has 0 fully saturated rings. The molecule has 0 aliphatic carbocycles. The first kappa shape index (κ1) is 22.8. The van der Waals surface area contributed by atoms with Crippen molar-refractivity contribution in [2.24, 2.45) is 0 Å². The first-order valence-corrected chi connectivity index (χ1v) is 12.4. The molecule has 1 atom stereocenters. The Bertz CT molecular complexity index is 1840. The Morgan fingerprint density at radius 2 is 1.76 bits per heavy atom. The van der Waals surface area contributed by atoms with Crippen LogP contribution in [-0.2, 0) is 6.42 Å². The molecule has 5 nitrogen and oxygen atoms in total. The van der Waals surface area contributed by atoms with E-state index in [0.29, 0.717) is 24.1 Å². The van der Waals surface area contributed by atoms with Crippen molar-refractivity contribution in [1.82, 2.24) is 9.55 Å². The molecule has 0 bridgehead atoms. The predicted molar refractivity (Wildman–Crippen MR) is 151 cm³/mol. The molecule has 37 heavy (non-hydrogen) atoms. The molecular formula is C32H26N4O. The van der Waals surface area contributed by atoms with E-state index in [1.807, 2.05) is 36.5 Å². The lowest BCUT2D eigenvalue weighted by atomic mass is 9.98. The number of aromatic nitrogens is 2. The van der Waals surface area contributed by atoms with Gasteiger partial charge in [0.1, 0.15) is 0 Å². The van der Waals surface area contributed by atoms with Gasteiger partial charge in [-0.3, -0.25) is 4.98 Å². The van der Waals surface area contributed by atoms with Gasteiger partial charge in [-0.1, -0.05) is 48.5 Å². The Kier molecular flexibility index (Phi) is 5.60. The molecule has 0 aliphatic rings. The maximum Gasteiger partial charge on any atom is 0.0995 e. The molecule has 5 heteroatoms. The highest BCUT2D eigenvalue weighted by Gasteiger charge is 2.21. The second-order valence-corrected chi connectivity index (χ2v) is 9.50. The molecule has 1 unspecified atom stereocenters. The average molecular weight is 483 g/mol. The number of benzene rings is 4. The standard InChI is InChI=1S/C32H26N4O/c1-20(37)13-15-25-22(18-33)14-16-27(34)32(25)36-29-11-5-3-8-26(29)31-24(9-6-12-30(31)36)23-17-21-7-2-4-10-28(21)35-19-23/h2-12,14,16-17,19-20,37H,13,15,34H2,1H3. The molecular weight excluding hydrogens is 456 g/mol. The van der Waals surface area contributed by atoms with Gasteiger partial charge in [0.15, 0.2) is 0 Å². The zero-order chi connectivity index (χ0) is 25.5. The van der Waals surface area contributed by atoms with E-state index in [4.69, 9.17) is 10.7 Å². The van der Waals surface area contributed by atoms with Gasteiger partial charge in [0, 0.05) is 27.9 Å². The van der Waals surface area contributed by atoms with Crippen LogP contribution in [0, 0.1) is 11.3 Å². The Morgan fingerprint density at radius 1 is 0.973 bits per heavy atom. The minimum Gasteiger partial charge on any atom is -0.397 e. The Labute approximate surface area is 215 Å². The highest BCUT2D eigenvalue weighted by molar-refractivity contribution is 6.16. The van der Waals surface area contributed by atoms with Crippen LogP contribution in [0.1, 0.15) is 24.5 Å². The van der Waals surface area contributed by atoms with Crippen LogP contribution in [0.15, 0.2) is 91.1 Å². The molecule has 2 aromatic heterocycles. The van der Waals surface area contributed by atoms with Crippen LogP contribution in [0.2, 0.25) is 0 Å². The van der Waals surface area contributed by atoms with Crippen molar-refractivity contribution < 1.29 is 5.11 Å². The number of nitrogens with two attached hydrogens (primary N) is 1. The molecule has 0 spiro atoms. The van der Waals surface area contributed by atoms with E-state index in [0.717, 1.165) is 55.1 Å². The van der Waals surface area contributed by atoms with E-state index >= 15 is 0 Å². The van der Waals surface area contributed by atoms with Crippen LogP contribution in [0.25, 0.3) is 49.5 Å². The maximum atomic E-state index is 10.0. The van der Waals surface area contributed by atoms with Gasteiger partial charge in [-0.15, -0.1) is 0 Å². The molecule has 3 N–H and O–H groups in total. The lowest BCUT2D eigenvalue weighted by molar-refractivity contribution is 0.185. The number of para-hydroxylation sites is 2. The molecule has 2 heterocycles. The summed E-state index contributed by atoms with van der Waals surface area (Å²) < 4.78 is 2.18. The summed E-state index contributed by atoms with van der Waals surface area (Å²) in [5.41, 5.74) is 14.6. The number of fused-ring (bicyclic) bond motifs is 4. The summed E-state index contributed by atoms with van der Waals surface area (Å²) in [6.45, 7) is 1.77. The SMILES string of the molecule is CC(O)CCc1c(C#N)ccc(N)c1-n1c2ccccc2c2c(-c3cnc4ccccc4c3)cccc21. The van der Waals surface area contributed by atoms with Crippen LogP contribution in [0.5, 0.6) is 0 Å². The smallest absolute Gasteiger partial charge is 0.0995 e. The van der Waals surface area contributed by atoms with Crippen molar-refractivity contribution in [3.8, 4) is 22.9 Å². The van der Waals surface area contributed by atoms with Gasteiger partial charge in [0.25, 0.3) is 0 Å². The van der Waals surface area contributed by atoms with Gasteiger partial charge < -0.3 is 15.4 Å². The first-order valence-electron chi connectivity index (χ1n) is 12.4. The number of pyridine rings is 1. The summed E-state index contributed by atoms with van der Waals surface area (Å²) in [6, 6.07) is 30.8. The fourth-order valence-corrected chi connectivity index (χ4v) is 5.35. The number of aliphatic hydroxyl groups is 1. The third-order valence-corrected chi connectivity index (χ3v) is 7.07. The summed E-state index contributed by atoms with van der Waals surface area (Å²) in [5.74, 6) is 0. The van der Waals surface area contributed by atoms with E-state index in [1.165, 1.54) is 0 Å². The van der Waals surface area contributed by atoms with Gasteiger partial charge in [0.2, 0.25) is 0 Å². The van der Waals surface area contributed by atoms with Crippen LogP contribution in [-0.4, -0.2) is 20.8 Å². The Morgan fingerprint density at radius 3 is 2.59 bits per heavy atom. The van der Waals surface area contributed by atoms with Crippen LogP contribution in [0.4, 0.5) is 5.69 Å². The summed E-state index contributed by atoms with van der Waals surface area (Å²) in [6.07, 6.45) is 2.53. The third kappa shape index (κ3) is 3.79. The van der Waals surface area contributed by atoms with Crippen molar-refractivity contribution >= 4 is 38.4 Å². The normalized spacial score (nSPS) is 12.2. The van der Waals surface area contributed by atoms with E-state index < -0.39 is 6.10 Å². The highest BCUT2D eigenvalue weighted by atomic mass is 16.3. The predicted octanol–water partition coefficient (Wildman–Crippen LogP) is 6.77. The molecule has 6 aromatic rings. The number of hydrogen-bond acceptors (Lipinski definition) is 4. The zero-order valence-electron chi connectivity index (χ0n) is 20.5. The van der Waals surface area contributed by atoms with Crippen LogP contribution >= 0.6 is 0 Å². The number of nitriles is 1. The van der Waals surface area contributed by atoms with Crippen molar-refractivity contribution in [2.45, 2.75) is 25.9 Å². The lowest BCUT2D eigenvalue weighted by Gasteiger charge is -2.18. The molecule has 0 radical (unpaired) electrons. The minimum absolute atomic E-state index is 0.481. The van der Waals surface area contributed by atoms with E-state index in [1.54, 1.807) is 19.1 Å². The quantitative estimate of drug-likeness (QED) is 0.266. The highest BCUT2D eigenvalue weighted by Crippen LogP contribution is 2.41. The van der Waals surface area contributed by atoms with Gasteiger partial charge in [-0.2, -0.15) is 5.26 Å². The monoisotopic (exact) mass is 482 g/mol. The fraction of sp³-hybridized carbons (Fsp3) is 0.125. The molecule has 0 saturated carbocycles. The summed E-state index contributed by atoms with van der Waals surface area (Å²) in [4.78, 5) is 4.71. The van der Waals surface area contributed by atoms with Crippen molar-refractivity contribution in [2.75, 3.05) is 5.73 Å². The van der Waals surface area contributed by atoms with Crippen molar-refractivity contribution in [3.05, 3.63) is 102 Å². The number of nitrogens with zero attached hydrogens (tertiary/aromatic N) is 3. The average Bonchev–Trinajstić information content (AvgIpc) is 3.26. The summed E-state index contributed by atoms with van der Waals surface area (Å²) >= 11 is 0. The zero-order valence-corrected chi connectivity index (χ0v) is 20.5. The van der Waals surface area contributed by atoms with Gasteiger partial charge in [0.05, 0.1) is 45.7 Å². The van der Waals surface area contributed by atoms with Gasteiger partial charge >= 0.3 is 0 Å². The maximum absolute atomic E-state index is 10.0. The molecule has 180 valence electrons. The largest absolute Gasteiger partial charge is 0.397 e. The van der Waals surface area contributed by atoms with Gasteiger partial charge in [-0.05, 0) is 67.3 Å². The first-order chi connectivity index (χ1) is 18.1. The Balaban J connectivity index is 1.69. The van der Waals surface area contributed by atoms with Gasteiger partial charge in [-0.25, -0.2) is 0 Å². The molecule has 0 aliphatic heterocycles. The summed E-state index contributed by atoms with van der Waals surface area (Å²) in [5, 5.41) is 23.3. The molecule has 6 rings (SSSR count). The fourth-order valence-electron chi connectivity index (χ4n) is 5.35.